The Labute approximate surface area is 117 Å². The van der Waals surface area contributed by atoms with Gasteiger partial charge in [0.1, 0.15) is 11.5 Å². The molecule has 4 nitrogen and oxygen atoms in total. The minimum Gasteiger partial charge on any atom is -0.344 e. The monoisotopic (exact) mass is 313 g/mol. The molecule has 0 bridgehead atoms. The van der Waals surface area contributed by atoms with Crippen molar-refractivity contribution in [3.8, 4) is 0 Å². The zero-order chi connectivity index (χ0) is 15.5. The number of hydrogen-bond donors (Lipinski definition) is 1. The Morgan fingerprint density at radius 2 is 2.05 bits per heavy atom. The van der Waals surface area contributed by atoms with Crippen LogP contribution in [-0.4, -0.2) is 34.8 Å². The van der Waals surface area contributed by atoms with E-state index in [0.717, 1.165) is 6.20 Å². The first-order valence-corrected chi connectivity index (χ1v) is 5.99. The second kappa shape index (κ2) is 6.34. The number of aromatic nitrogens is 2. The van der Waals surface area contributed by atoms with E-state index in [2.05, 4.69) is 9.97 Å². The molecule has 1 rings (SSSR count). The van der Waals surface area contributed by atoms with E-state index >= 15 is 0 Å². The molecule has 1 aromatic heterocycles. The molecule has 0 saturated heterocycles. The van der Waals surface area contributed by atoms with Crippen LogP contribution in [0.25, 0.3) is 0 Å². The van der Waals surface area contributed by atoms with Crippen LogP contribution in [-0.2, 0) is 0 Å². The van der Waals surface area contributed by atoms with E-state index in [4.69, 9.17) is 11.6 Å². The summed E-state index contributed by atoms with van der Waals surface area (Å²) in [5.41, 5.74) is -0.324. The zero-order valence-corrected chi connectivity index (χ0v) is 11.4. The number of halogens is 5. The van der Waals surface area contributed by atoms with Crippen molar-refractivity contribution in [3.63, 3.8) is 0 Å². The van der Waals surface area contributed by atoms with Crippen LogP contribution in [0.5, 0.6) is 0 Å². The first kappa shape index (κ1) is 16.6. The third-order valence-corrected chi connectivity index (χ3v) is 2.57. The smallest absolute Gasteiger partial charge is 0.324 e. The number of carbonyl (C=O) groups is 1. The van der Waals surface area contributed by atoms with Gasteiger partial charge in [0.25, 0.3) is 5.91 Å². The van der Waals surface area contributed by atoms with Gasteiger partial charge in [0, 0.05) is 5.92 Å². The quantitative estimate of drug-likeness (QED) is 0.850. The van der Waals surface area contributed by atoms with Gasteiger partial charge in [-0.05, 0) is 0 Å². The van der Waals surface area contributed by atoms with Crippen molar-refractivity contribution in [3.05, 3.63) is 22.7 Å². The number of hydrogen-bond acceptors (Lipinski definition) is 3. The molecular weight excluding hydrogens is 302 g/mol. The van der Waals surface area contributed by atoms with E-state index in [1.165, 1.54) is 0 Å². The molecule has 0 atom stereocenters. The molecule has 1 heterocycles. The highest BCUT2D eigenvalue weighted by Crippen LogP contribution is 2.22. The molecule has 0 radical (unpaired) electrons. The van der Waals surface area contributed by atoms with E-state index in [-0.39, 0.29) is 16.6 Å². The summed E-state index contributed by atoms with van der Waals surface area (Å²) >= 11 is 5.69. The van der Waals surface area contributed by atoms with Crippen LogP contribution in [0.2, 0.25) is 5.02 Å². The van der Waals surface area contributed by atoms with E-state index < -0.39 is 24.8 Å². The largest absolute Gasteiger partial charge is 0.344 e. The van der Waals surface area contributed by atoms with Crippen LogP contribution >= 0.6 is 11.6 Å². The van der Waals surface area contributed by atoms with Gasteiger partial charge in [-0.1, -0.05) is 25.4 Å². The van der Waals surface area contributed by atoms with Gasteiger partial charge in [-0.3, -0.25) is 4.79 Å². The summed E-state index contributed by atoms with van der Waals surface area (Å²) in [4.78, 5) is 19.3. The first-order chi connectivity index (χ1) is 9.15. The molecule has 112 valence electrons. The summed E-state index contributed by atoms with van der Waals surface area (Å²) in [5, 5.41) is 1.54. The highest BCUT2D eigenvalue weighted by molar-refractivity contribution is 6.33. The van der Waals surface area contributed by atoms with Gasteiger partial charge in [-0.2, -0.15) is 8.78 Å². The molecule has 1 aromatic rings. The molecule has 1 amide bonds. The Morgan fingerprint density at radius 3 is 2.55 bits per heavy atom. The molecule has 0 spiro atoms. The van der Waals surface area contributed by atoms with Crippen molar-refractivity contribution in [1.82, 2.24) is 15.3 Å². The number of alkyl halides is 4. The third-order valence-electron chi connectivity index (χ3n) is 2.30. The van der Waals surface area contributed by atoms with Crippen LogP contribution < -0.4 is 5.32 Å². The van der Waals surface area contributed by atoms with E-state index in [1.807, 2.05) is 0 Å². The second-order valence-electron chi connectivity index (χ2n) is 4.32. The molecule has 20 heavy (non-hydrogen) atoms. The lowest BCUT2D eigenvalue weighted by molar-refractivity contribution is -0.123. The maximum Gasteiger partial charge on any atom is 0.324 e. The Balaban J connectivity index is 2.85. The SMILES string of the molecule is CC(C)c1ncc(Cl)c(C(=O)NCC(F)(F)C(F)F)n1. The van der Waals surface area contributed by atoms with E-state index in [1.54, 1.807) is 19.2 Å². The summed E-state index contributed by atoms with van der Waals surface area (Å²) < 4.78 is 49.3. The summed E-state index contributed by atoms with van der Waals surface area (Å²) in [6, 6.07) is 0. The second-order valence-corrected chi connectivity index (χ2v) is 4.73. The van der Waals surface area contributed by atoms with Crippen molar-refractivity contribution in [2.75, 3.05) is 6.54 Å². The molecule has 0 aliphatic rings. The van der Waals surface area contributed by atoms with Gasteiger partial charge in [0.2, 0.25) is 0 Å². The topological polar surface area (TPSA) is 54.9 Å². The number of amides is 1. The Morgan fingerprint density at radius 1 is 1.45 bits per heavy atom. The summed E-state index contributed by atoms with van der Waals surface area (Å²) in [5.74, 6) is -5.18. The molecule has 9 heteroatoms. The Hall–Kier alpha value is -1.44. The number of rotatable bonds is 5. The highest BCUT2D eigenvalue weighted by atomic mass is 35.5. The average Bonchev–Trinajstić information content (AvgIpc) is 2.36. The maximum atomic E-state index is 12.7. The van der Waals surface area contributed by atoms with Crippen LogP contribution in [0, 0.1) is 0 Å². The summed E-state index contributed by atoms with van der Waals surface area (Å²) in [6.07, 6.45) is -2.71. The molecule has 0 unspecified atom stereocenters. The predicted molar refractivity (Wildman–Crippen MR) is 64.4 cm³/mol. The lowest BCUT2D eigenvalue weighted by Gasteiger charge is -2.16. The predicted octanol–water partition coefficient (Wildman–Crippen LogP) is 2.88. The normalized spacial score (nSPS) is 12.1. The van der Waals surface area contributed by atoms with Gasteiger partial charge < -0.3 is 5.32 Å². The summed E-state index contributed by atoms with van der Waals surface area (Å²) in [6.45, 7) is 2.02. The molecule has 0 aromatic carbocycles. The zero-order valence-electron chi connectivity index (χ0n) is 10.6. The Kier molecular flexibility index (Phi) is 5.27. The summed E-state index contributed by atoms with van der Waals surface area (Å²) in [7, 11) is 0. The highest BCUT2D eigenvalue weighted by Gasteiger charge is 2.41. The minimum atomic E-state index is -4.31. The Bertz CT molecular complexity index is 497. The number of nitrogens with one attached hydrogen (secondary N) is 1. The van der Waals surface area contributed by atoms with Crippen molar-refractivity contribution in [1.29, 1.82) is 0 Å². The fraction of sp³-hybridized carbons (Fsp3) is 0.545. The first-order valence-electron chi connectivity index (χ1n) is 5.61. The molecule has 0 saturated carbocycles. The van der Waals surface area contributed by atoms with Gasteiger partial charge in [-0.25, -0.2) is 18.7 Å². The van der Waals surface area contributed by atoms with Crippen LogP contribution in [0.1, 0.15) is 36.1 Å². The van der Waals surface area contributed by atoms with Crippen molar-refractivity contribution in [2.45, 2.75) is 32.1 Å². The maximum absolute atomic E-state index is 12.7. The van der Waals surface area contributed by atoms with Gasteiger partial charge in [0.15, 0.2) is 0 Å². The standard InChI is InChI=1S/C11H12ClF4N3O/c1-5(2)8-17-3-6(12)7(19-8)9(20)18-4-11(15,16)10(13)14/h3,5,10H,4H2,1-2H3,(H,18,20). The van der Waals surface area contributed by atoms with Crippen LogP contribution in [0.15, 0.2) is 6.20 Å². The van der Waals surface area contributed by atoms with E-state index in [9.17, 15) is 22.4 Å². The van der Waals surface area contributed by atoms with Gasteiger partial charge in [0.05, 0.1) is 17.8 Å². The fourth-order valence-corrected chi connectivity index (χ4v) is 1.35. The molecular formula is C11H12ClF4N3O. The number of carbonyl (C=O) groups excluding carboxylic acids is 1. The lowest BCUT2D eigenvalue weighted by atomic mass is 10.2. The lowest BCUT2D eigenvalue weighted by Crippen LogP contribution is -2.41. The van der Waals surface area contributed by atoms with E-state index in [0.29, 0.717) is 5.82 Å². The van der Waals surface area contributed by atoms with Crippen molar-refractivity contribution >= 4 is 17.5 Å². The van der Waals surface area contributed by atoms with Crippen LogP contribution in [0.4, 0.5) is 17.6 Å². The van der Waals surface area contributed by atoms with Gasteiger partial charge in [-0.15, -0.1) is 0 Å². The minimum absolute atomic E-state index is 0.110. The third kappa shape index (κ3) is 4.03. The van der Waals surface area contributed by atoms with Crippen molar-refractivity contribution in [2.24, 2.45) is 0 Å². The number of nitrogens with zero attached hydrogens (tertiary/aromatic N) is 2. The molecule has 0 fully saturated rings. The van der Waals surface area contributed by atoms with Gasteiger partial charge >= 0.3 is 12.3 Å². The molecule has 0 aliphatic heterocycles. The molecule has 1 N–H and O–H groups in total. The van der Waals surface area contributed by atoms with Crippen molar-refractivity contribution < 1.29 is 22.4 Å². The fourth-order valence-electron chi connectivity index (χ4n) is 1.18. The molecule has 0 aliphatic carbocycles. The average molecular weight is 314 g/mol. The van der Waals surface area contributed by atoms with Crippen LogP contribution in [0.3, 0.4) is 0 Å².